The smallest absolute Gasteiger partial charge is 0.318 e. The van der Waals surface area contributed by atoms with Crippen LogP contribution >= 0.6 is 0 Å². The molecule has 4 amide bonds. The van der Waals surface area contributed by atoms with E-state index < -0.39 is 11.5 Å². The molecule has 42 heavy (non-hydrogen) atoms. The molecule has 8 heteroatoms. The molecule has 224 valence electrons. The molecule has 1 saturated carbocycles. The number of urea groups is 1. The van der Waals surface area contributed by atoms with Gasteiger partial charge in [-0.15, -0.1) is 0 Å². The zero-order chi connectivity index (χ0) is 29.4. The lowest BCUT2D eigenvalue weighted by molar-refractivity contribution is -0.134. The van der Waals surface area contributed by atoms with Gasteiger partial charge in [-0.3, -0.25) is 14.5 Å². The van der Waals surface area contributed by atoms with Gasteiger partial charge in [0.25, 0.3) is 0 Å². The van der Waals surface area contributed by atoms with Crippen molar-refractivity contribution in [3.05, 3.63) is 65.7 Å². The summed E-state index contributed by atoms with van der Waals surface area (Å²) in [6.45, 7) is 6.58. The van der Waals surface area contributed by atoms with Crippen LogP contribution in [-0.4, -0.2) is 89.9 Å². The van der Waals surface area contributed by atoms with Gasteiger partial charge in [0.05, 0.1) is 5.41 Å². The number of likely N-dealkylation sites (tertiary alicyclic amines) is 2. The monoisotopic (exact) mass is 571 g/mol. The van der Waals surface area contributed by atoms with Crippen molar-refractivity contribution in [3.8, 4) is 0 Å². The first-order valence-corrected chi connectivity index (χ1v) is 15.8. The Morgan fingerprint density at radius 3 is 2.29 bits per heavy atom. The predicted molar refractivity (Wildman–Crippen MR) is 164 cm³/mol. The van der Waals surface area contributed by atoms with Crippen molar-refractivity contribution in [3.63, 3.8) is 0 Å². The Balaban J connectivity index is 1.10. The Kier molecular flexibility index (Phi) is 8.01. The molecule has 4 aliphatic rings. The van der Waals surface area contributed by atoms with E-state index in [4.69, 9.17) is 0 Å². The molecule has 1 N–H and O–H groups in total. The molecule has 0 spiro atoms. The molecule has 3 heterocycles. The topological polar surface area (TPSA) is 76.2 Å². The van der Waals surface area contributed by atoms with E-state index in [9.17, 15) is 14.4 Å². The molecule has 3 fully saturated rings. The van der Waals surface area contributed by atoms with Crippen molar-refractivity contribution in [2.45, 2.75) is 88.4 Å². The number of aryl methyl sites for hydroxylation is 1. The first-order valence-electron chi connectivity index (χ1n) is 15.8. The highest BCUT2D eigenvalue weighted by Gasteiger charge is 2.47. The first-order chi connectivity index (χ1) is 20.2. The van der Waals surface area contributed by atoms with Crippen LogP contribution in [0.4, 0.5) is 10.5 Å². The summed E-state index contributed by atoms with van der Waals surface area (Å²) in [5.41, 5.74) is 2.69. The lowest BCUT2D eigenvalue weighted by atomic mass is 9.86. The molecule has 6 rings (SSSR count). The number of piperidine rings is 1. The second-order valence-electron chi connectivity index (χ2n) is 13.2. The van der Waals surface area contributed by atoms with Gasteiger partial charge < -0.3 is 20.0 Å². The number of para-hydroxylation sites is 1. The van der Waals surface area contributed by atoms with Gasteiger partial charge in [-0.05, 0) is 83.0 Å². The van der Waals surface area contributed by atoms with Crippen molar-refractivity contribution in [2.75, 3.05) is 38.1 Å². The lowest BCUT2D eigenvalue weighted by Gasteiger charge is -2.39. The van der Waals surface area contributed by atoms with E-state index >= 15 is 0 Å². The van der Waals surface area contributed by atoms with Crippen LogP contribution in [0.3, 0.4) is 0 Å². The molecule has 2 aromatic carbocycles. The molecular formula is C34H45N5O3. The minimum absolute atomic E-state index is 0.0166. The Labute approximate surface area is 250 Å². The fourth-order valence-corrected chi connectivity index (χ4v) is 7.16. The highest BCUT2D eigenvalue weighted by molar-refractivity contribution is 6.08. The van der Waals surface area contributed by atoms with Gasteiger partial charge in [0, 0.05) is 50.0 Å². The fraction of sp³-hybridized carbons (Fsp3) is 0.559. The fourth-order valence-electron chi connectivity index (χ4n) is 7.16. The molecular weight excluding hydrogens is 526 g/mol. The Morgan fingerprint density at radius 1 is 0.905 bits per heavy atom. The van der Waals surface area contributed by atoms with Crippen LogP contribution in [0.25, 0.3) is 0 Å². The van der Waals surface area contributed by atoms with Gasteiger partial charge in [0.2, 0.25) is 11.8 Å². The number of nitrogens with zero attached hydrogens (tertiary/aromatic N) is 4. The van der Waals surface area contributed by atoms with Crippen LogP contribution in [0.5, 0.6) is 0 Å². The number of carbonyl (C=O) groups excluding carboxylic acids is 3. The quantitative estimate of drug-likeness (QED) is 0.516. The average molecular weight is 572 g/mol. The van der Waals surface area contributed by atoms with Gasteiger partial charge in [-0.1, -0.05) is 48.5 Å². The van der Waals surface area contributed by atoms with Crippen LogP contribution in [0, 0.1) is 0 Å². The standard InChI is InChI=1S/C34H45N5O3/c1-34(2)28-11-7-8-12-30(28)39(32(34)41)26-17-20-37(21-18-26)31(40)29(16-13-24-9-5-4-6-10-24)35-33(42)38-22-19-27(23-38)36(3)25-14-15-25/h4-12,25-27,29H,13-23H2,1-3H3,(H,35,42). The highest BCUT2D eigenvalue weighted by atomic mass is 16.2. The summed E-state index contributed by atoms with van der Waals surface area (Å²) < 4.78 is 0. The number of nitrogens with one attached hydrogen (secondary N) is 1. The molecule has 2 aromatic rings. The molecule has 2 saturated heterocycles. The molecule has 0 aromatic heterocycles. The maximum Gasteiger partial charge on any atom is 0.318 e. The third kappa shape index (κ3) is 5.65. The second kappa shape index (κ2) is 11.7. The van der Waals surface area contributed by atoms with Gasteiger partial charge in [-0.25, -0.2) is 4.79 Å². The lowest BCUT2D eigenvalue weighted by Crippen LogP contribution is -2.55. The van der Waals surface area contributed by atoms with Crippen molar-refractivity contribution in [1.29, 1.82) is 0 Å². The number of rotatable bonds is 8. The van der Waals surface area contributed by atoms with Crippen molar-refractivity contribution < 1.29 is 14.4 Å². The summed E-state index contributed by atoms with van der Waals surface area (Å²) >= 11 is 0. The minimum Gasteiger partial charge on any atom is -0.341 e. The largest absolute Gasteiger partial charge is 0.341 e. The minimum atomic E-state index is -0.581. The third-order valence-electron chi connectivity index (χ3n) is 10.0. The Hall–Kier alpha value is -3.39. The maximum atomic E-state index is 13.9. The summed E-state index contributed by atoms with van der Waals surface area (Å²) in [7, 11) is 2.18. The van der Waals surface area contributed by atoms with E-state index in [-0.39, 0.29) is 23.9 Å². The van der Waals surface area contributed by atoms with Gasteiger partial charge >= 0.3 is 6.03 Å². The zero-order valence-corrected chi connectivity index (χ0v) is 25.3. The maximum absolute atomic E-state index is 13.9. The van der Waals surface area contributed by atoms with Gasteiger partial charge in [0.1, 0.15) is 6.04 Å². The van der Waals surface area contributed by atoms with Crippen LogP contribution in [0.1, 0.15) is 63.5 Å². The van der Waals surface area contributed by atoms with Crippen LogP contribution in [0.2, 0.25) is 0 Å². The number of amides is 4. The number of hydrogen-bond acceptors (Lipinski definition) is 4. The molecule has 1 aliphatic carbocycles. The molecule has 2 unspecified atom stereocenters. The average Bonchev–Trinajstić information content (AvgIpc) is 3.70. The SMILES string of the molecule is CN(C1CC1)C1CCN(C(=O)NC(CCc2ccccc2)C(=O)N2CCC(N3C(=O)C(C)(C)c4ccccc43)CC2)C1. The van der Waals surface area contributed by atoms with E-state index in [0.717, 1.165) is 49.0 Å². The van der Waals surface area contributed by atoms with Crippen molar-refractivity contribution in [2.24, 2.45) is 0 Å². The summed E-state index contributed by atoms with van der Waals surface area (Å²) in [4.78, 5) is 49.0. The Bertz CT molecular complexity index is 1300. The van der Waals surface area contributed by atoms with E-state index in [2.05, 4.69) is 35.5 Å². The van der Waals surface area contributed by atoms with Crippen LogP contribution in [-0.2, 0) is 21.4 Å². The summed E-state index contributed by atoms with van der Waals surface area (Å²) in [5, 5.41) is 3.14. The molecule has 2 atom stereocenters. The number of hydrogen-bond donors (Lipinski definition) is 1. The van der Waals surface area contributed by atoms with Crippen molar-refractivity contribution in [1.82, 2.24) is 20.0 Å². The summed E-state index contributed by atoms with van der Waals surface area (Å²) in [6, 6.07) is 18.6. The number of fused-ring (bicyclic) bond motifs is 1. The van der Waals surface area contributed by atoms with E-state index in [1.165, 1.54) is 12.8 Å². The second-order valence-corrected chi connectivity index (χ2v) is 13.2. The van der Waals surface area contributed by atoms with Crippen molar-refractivity contribution >= 4 is 23.5 Å². The summed E-state index contributed by atoms with van der Waals surface area (Å²) in [5.74, 6) is 0.120. The Morgan fingerprint density at radius 2 is 1.57 bits per heavy atom. The van der Waals surface area contributed by atoms with Crippen LogP contribution < -0.4 is 10.2 Å². The zero-order valence-electron chi connectivity index (χ0n) is 25.3. The molecule has 8 nitrogen and oxygen atoms in total. The van der Waals surface area contributed by atoms with Gasteiger partial charge in [-0.2, -0.15) is 0 Å². The number of benzene rings is 2. The van der Waals surface area contributed by atoms with Crippen LogP contribution in [0.15, 0.2) is 54.6 Å². The predicted octanol–water partition coefficient (Wildman–Crippen LogP) is 4.18. The summed E-state index contributed by atoms with van der Waals surface area (Å²) in [6.07, 6.45) is 6.20. The first kappa shape index (κ1) is 28.7. The van der Waals surface area contributed by atoms with E-state index in [0.29, 0.717) is 38.1 Å². The highest BCUT2D eigenvalue weighted by Crippen LogP contribution is 2.43. The third-order valence-corrected chi connectivity index (χ3v) is 10.0. The van der Waals surface area contributed by atoms with E-state index in [1.54, 1.807) is 0 Å². The molecule has 0 bridgehead atoms. The molecule has 0 radical (unpaired) electrons. The normalized spacial score (nSPS) is 22.9. The number of carbonyl (C=O) groups is 3. The van der Waals surface area contributed by atoms with Gasteiger partial charge in [0.15, 0.2) is 0 Å². The van der Waals surface area contributed by atoms with E-state index in [1.807, 2.05) is 64.9 Å². The molecule has 3 aliphatic heterocycles. The number of likely N-dealkylation sites (N-methyl/N-ethyl adjacent to an activating group) is 1. The number of anilines is 1.